The Labute approximate surface area is 201 Å². The number of anilines is 1. The molecular formula is C27H30N2O4S. The molecule has 1 aliphatic heterocycles. The van der Waals surface area contributed by atoms with Gasteiger partial charge < -0.3 is 10.1 Å². The SMILES string of the molecule is CCc1ccc(CC)c(CNC(=O)[C@@H]2CN(S(=O)(=O)Cc3ccccc3)c3ccccc3O2)c1. The van der Waals surface area contributed by atoms with Crippen molar-refractivity contribution in [3.63, 3.8) is 0 Å². The van der Waals surface area contributed by atoms with Crippen LogP contribution in [0, 0.1) is 0 Å². The summed E-state index contributed by atoms with van der Waals surface area (Å²) in [6.45, 7) is 4.48. The molecule has 7 heteroatoms. The van der Waals surface area contributed by atoms with E-state index >= 15 is 0 Å². The van der Waals surface area contributed by atoms with E-state index < -0.39 is 16.1 Å². The van der Waals surface area contributed by atoms with Crippen LogP contribution in [0.5, 0.6) is 5.75 Å². The van der Waals surface area contributed by atoms with E-state index in [1.165, 1.54) is 15.4 Å². The van der Waals surface area contributed by atoms with Gasteiger partial charge in [0, 0.05) is 6.54 Å². The molecule has 0 aromatic heterocycles. The van der Waals surface area contributed by atoms with Crippen molar-refractivity contribution in [1.29, 1.82) is 0 Å². The predicted octanol–water partition coefficient (Wildman–Crippen LogP) is 4.23. The summed E-state index contributed by atoms with van der Waals surface area (Å²) < 4.78 is 34.0. The van der Waals surface area contributed by atoms with Crippen LogP contribution in [0.15, 0.2) is 72.8 Å². The summed E-state index contributed by atoms with van der Waals surface area (Å²) in [7, 11) is -3.73. The van der Waals surface area contributed by atoms with Crippen LogP contribution in [0.25, 0.3) is 0 Å². The number of aryl methyl sites for hydroxylation is 2. The van der Waals surface area contributed by atoms with E-state index in [1.54, 1.807) is 36.4 Å². The largest absolute Gasteiger partial charge is 0.476 e. The monoisotopic (exact) mass is 478 g/mol. The number of ether oxygens (including phenoxy) is 1. The van der Waals surface area contributed by atoms with Crippen molar-refractivity contribution < 1.29 is 17.9 Å². The van der Waals surface area contributed by atoms with Crippen LogP contribution in [-0.2, 0) is 40.0 Å². The fourth-order valence-corrected chi connectivity index (χ4v) is 5.75. The van der Waals surface area contributed by atoms with E-state index in [9.17, 15) is 13.2 Å². The van der Waals surface area contributed by atoms with Crippen molar-refractivity contribution in [2.45, 2.75) is 45.1 Å². The Morgan fingerprint density at radius 1 is 0.941 bits per heavy atom. The van der Waals surface area contributed by atoms with E-state index in [4.69, 9.17) is 4.74 Å². The zero-order valence-electron chi connectivity index (χ0n) is 19.5. The summed E-state index contributed by atoms with van der Waals surface area (Å²) in [5.74, 6) is -0.105. The fraction of sp³-hybridized carbons (Fsp3) is 0.296. The maximum Gasteiger partial charge on any atom is 0.263 e. The highest BCUT2D eigenvalue weighted by Crippen LogP contribution is 2.35. The number of carbonyl (C=O) groups excluding carboxylic acids is 1. The summed E-state index contributed by atoms with van der Waals surface area (Å²) in [6.07, 6.45) is 0.843. The topological polar surface area (TPSA) is 75.7 Å². The molecule has 0 aliphatic carbocycles. The first-order chi connectivity index (χ1) is 16.4. The van der Waals surface area contributed by atoms with Gasteiger partial charge in [0.15, 0.2) is 6.10 Å². The quantitative estimate of drug-likeness (QED) is 0.526. The molecule has 0 radical (unpaired) electrons. The Kier molecular flexibility index (Phi) is 7.22. The van der Waals surface area contributed by atoms with Gasteiger partial charge in [0.2, 0.25) is 10.0 Å². The van der Waals surface area contributed by atoms with Gasteiger partial charge in [-0.1, -0.05) is 74.5 Å². The lowest BCUT2D eigenvalue weighted by Crippen LogP contribution is -2.50. The van der Waals surface area contributed by atoms with Gasteiger partial charge in [0.05, 0.1) is 18.0 Å². The first-order valence-corrected chi connectivity index (χ1v) is 13.2. The number of nitrogens with zero attached hydrogens (tertiary/aromatic N) is 1. The van der Waals surface area contributed by atoms with Crippen molar-refractivity contribution in [1.82, 2.24) is 5.32 Å². The third-order valence-corrected chi connectivity index (χ3v) is 7.78. The number of para-hydroxylation sites is 2. The number of fused-ring (bicyclic) bond motifs is 1. The molecule has 0 bridgehead atoms. The van der Waals surface area contributed by atoms with Crippen LogP contribution >= 0.6 is 0 Å². The zero-order chi connectivity index (χ0) is 24.1. The second-order valence-electron chi connectivity index (χ2n) is 8.38. The number of rotatable bonds is 8. The van der Waals surface area contributed by atoms with Crippen molar-refractivity contribution in [3.05, 3.63) is 95.1 Å². The van der Waals surface area contributed by atoms with Gasteiger partial charge in [-0.25, -0.2) is 8.42 Å². The number of sulfonamides is 1. The molecule has 1 heterocycles. The Morgan fingerprint density at radius 3 is 2.41 bits per heavy atom. The third-order valence-electron chi connectivity index (χ3n) is 6.07. The lowest BCUT2D eigenvalue weighted by atomic mass is 10.0. The van der Waals surface area contributed by atoms with Crippen LogP contribution < -0.4 is 14.4 Å². The van der Waals surface area contributed by atoms with Crippen LogP contribution in [-0.4, -0.2) is 27.0 Å². The molecule has 3 aromatic carbocycles. The number of hydrogen-bond acceptors (Lipinski definition) is 4. The average Bonchev–Trinajstić information content (AvgIpc) is 2.86. The van der Waals surface area contributed by atoms with Crippen molar-refractivity contribution in [2.24, 2.45) is 0 Å². The molecule has 4 rings (SSSR count). The highest BCUT2D eigenvalue weighted by atomic mass is 32.2. The van der Waals surface area contributed by atoms with E-state index in [-0.39, 0.29) is 18.2 Å². The van der Waals surface area contributed by atoms with Crippen molar-refractivity contribution in [2.75, 3.05) is 10.8 Å². The second-order valence-corrected chi connectivity index (χ2v) is 10.3. The molecule has 1 atom stereocenters. The van der Waals surface area contributed by atoms with Gasteiger partial charge in [-0.3, -0.25) is 9.10 Å². The standard InChI is InChI=1S/C27H30N2O4S/c1-3-20-14-15-22(4-2)23(16-20)17-28-27(30)26-18-29(24-12-8-9-13-25(24)33-26)34(31,32)19-21-10-6-5-7-11-21/h5-16,26H,3-4,17-19H2,1-2H3,(H,28,30)/t26-/m0/s1. The second kappa shape index (κ2) is 10.3. The minimum Gasteiger partial charge on any atom is -0.476 e. The average molecular weight is 479 g/mol. The molecule has 0 saturated heterocycles. The number of benzene rings is 3. The van der Waals surface area contributed by atoms with Crippen LogP contribution in [0.4, 0.5) is 5.69 Å². The van der Waals surface area contributed by atoms with Crippen molar-refractivity contribution in [3.8, 4) is 5.75 Å². The fourth-order valence-electron chi connectivity index (χ4n) is 4.17. The van der Waals surface area contributed by atoms with E-state index in [0.717, 1.165) is 18.4 Å². The number of carbonyl (C=O) groups is 1. The highest BCUT2D eigenvalue weighted by Gasteiger charge is 2.36. The summed E-state index contributed by atoms with van der Waals surface area (Å²) in [6, 6.07) is 22.3. The van der Waals surface area contributed by atoms with Gasteiger partial charge in [0.25, 0.3) is 5.91 Å². The maximum absolute atomic E-state index is 13.4. The first-order valence-electron chi connectivity index (χ1n) is 11.6. The Bertz CT molecular complexity index is 1260. The molecule has 178 valence electrons. The Hall–Kier alpha value is -3.32. The summed E-state index contributed by atoms with van der Waals surface area (Å²) in [5, 5.41) is 2.96. The summed E-state index contributed by atoms with van der Waals surface area (Å²) in [4.78, 5) is 13.1. The van der Waals surface area contributed by atoms with Crippen molar-refractivity contribution >= 4 is 21.6 Å². The zero-order valence-corrected chi connectivity index (χ0v) is 20.3. The van der Waals surface area contributed by atoms with E-state index in [2.05, 4.69) is 37.4 Å². The van der Waals surface area contributed by atoms with Gasteiger partial charge in [0.1, 0.15) is 5.75 Å². The third kappa shape index (κ3) is 5.25. The molecule has 3 aromatic rings. The molecule has 0 unspecified atom stereocenters. The molecule has 1 amide bonds. The lowest BCUT2D eigenvalue weighted by Gasteiger charge is -2.34. The van der Waals surface area contributed by atoms with Gasteiger partial charge in [-0.15, -0.1) is 0 Å². The maximum atomic E-state index is 13.4. The lowest BCUT2D eigenvalue weighted by molar-refractivity contribution is -0.127. The normalized spacial score (nSPS) is 15.4. The molecule has 6 nitrogen and oxygen atoms in total. The Morgan fingerprint density at radius 2 is 1.68 bits per heavy atom. The van der Waals surface area contributed by atoms with Crippen LogP contribution in [0.2, 0.25) is 0 Å². The number of nitrogens with one attached hydrogen (secondary N) is 1. The van der Waals surface area contributed by atoms with Crippen LogP contribution in [0.1, 0.15) is 36.1 Å². The minimum atomic E-state index is -3.73. The van der Waals surface area contributed by atoms with E-state index in [0.29, 0.717) is 23.5 Å². The Balaban J connectivity index is 1.54. The smallest absolute Gasteiger partial charge is 0.263 e. The van der Waals surface area contributed by atoms with Crippen LogP contribution in [0.3, 0.4) is 0 Å². The van der Waals surface area contributed by atoms with Gasteiger partial charge >= 0.3 is 0 Å². The highest BCUT2D eigenvalue weighted by molar-refractivity contribution is 7.92. The van der Waals surface area contributed by atoms with Gasteiger partial charge in [-0.05, 0) is 47.2 Å². The predicted molar refractivity (Wildman–Crippen MR) is 134 cm³/mol. The molecule has 0 spiro atoms. The van der Waals surface area contributed by atoms with E-state index in [1.807, 2.05) is 18.2 Å². The first kappa shape index (κ1) is 23.8. The number of amides is 1. The molecular weight excluding hydrogens is 448 g/mol. The molecule has 0 saturated carbocycles. The summed E-state index contributed by atoms with van der Waals surface area (Å²) >= 11 is 0. The molecule has 0 fully saturated rings. The molecule has 1 aliphatic rings. The molecule has 34 heavy (non-hydrogen) atoms. The van der Waals surface area contributed by atoms with Gasteiger partial charge in [-0.2, -0.15) is 0 Å². The minimum absolute atomic E-state index is 0.0757. The molecule has 1 N–H and O–H groups in total. The summed E-state index contributed by atoms with van der Waals surface area (Å²) in [5.41, 5.74) is 4.60. The number of hydrogen-bond donors (Lipinski definition) is 1.